The highest BCUT2D eigenvalue weighted by Gasteiger charge is 2.25. The van der Waals surface area contributed by atoms with E-state index in [0.29, 0.717) is 17.9 Å². The summed E-state index contributed by atoms with van der Waals surface area (Å²) >= 11 is 0. The van der Waals surface area contributed by atoms with Crippen molar-refractivity contribution in [3.63, 3.8) is 0 Å². The van der Waals surface area contributed by atoms with Crippen molar-refractivity contribution in [2.75, 3.05) is 6.61 Å². The highest BCUT2D eigenvalue weighted by molar-refractivity contribution is 5.26. The molecule has 0 atom stereocenters. The second kappa shape index (κ2) is 11.5. The zero-order valence-electron chi connectivity index (χ0n) is 17.9. The summed E-state index contributed by atoms with van der Waals surface area (Å²) in [6, 6.07) is 10.9. The van der Waals surface area contributed by atoms with Crippen molar-refractivity contribution in [3.05, 3.63) is 47.3 Å². The number of unbranched alkanes of at least 4 members (excludes halogenated alkanes) is 1. The van der Waals surface area contributed by atoms with Gasteiger partial charge in [0.2, 0.25) is 0 Å². The molecule has 2 nitrogen and oxygen atoms in total. The van der Waals surface area contributed by atoms with Crippen LogP contribution in [-0.4, -0.2) is 12.7 Å². The molecular weight excluding hydrogens is 361 g/mol. The highest BCUT2D eigenvalue weighted by Crippen LogP contribution is 2.36. The van der Waals surface area contributed by atoms with E-state index in [9.17, 15) is 4.39 Å². The molecule has 0 aromatic heterocycles. The van der Waals surface area contributed by atoms with E-state index in [1.165, 1.54) is 49.3 Å². The first-order valence-electron chi connectivity index (χ1n) is 11.7. The fourth-order valence-electron chi connectivity index (χ4n) is 4.94. The third kappa shape index (κ3) is 6.96. The van der Waals surface area contributed by atoms with Crippen LogP contribution in [-0.2, 0) is 11.2 Å². The molecule has 1 aromatic rings. The normalized spacial score (nSPS) is 28.1. The quantitative estimate of drug-likeness (QED) is 0.433. The number of hydrogen-bond acceptors (Lipinski definition) is 2. The lowest BCUT2D eigenvalue weighted by Crippen LogP contribution is -2.25. The number of hydrogen-bond donors (Lipinski definition) is 0. The minimum atomic E-state index is -0.628. The highest BCUT2D eigenvalue weighted by atomic mass is 19.1. The molecule has 29 heavy (non-hydrogen) atoms. The third-order valence-corrected chi connectivity index (χ3v) is 6.89. The minimum absolute atomic E-state index is 0.231. The Labute approximate surface area is 176 Å². The lowest BCUT2D eigenvalue weighted by atomic mass is 9.81. The van der Waals surface area contributed by atoms with Gasteiger partial charge in [0.1, 0.15) is 6.07 Å². The van der Waals surface area contributed by atoms with Crippen molar-refractivity contribution in [1.29, 1.82) is 5.26 Å². The number of benzene rings is 1. The molecule has 0 N–H and O–H groups in total. The molecule has 3 rings (SSSR count). The first-order chi connectivity index (χ1) is 14.2. The number of ether oxygens (including phenoxy) is 1. The molecule has 0 heterocycles. The summed E-state index contributed by atoms with van der Waals surface area (Å²) in [5.74, 6) is 0.886. The van der Waals surface area contributed by atoms with Crippen LogP contribution in [0.3, 0.4) is 0 Å². The summed E-state index contributed by atoms with van der Waals surface area (Å²) in [5, 5.41) is 8.57. The Morgan fingerprint density at radius 1 is 1.07 bits per heavy atom. The minimum Gasteiger partial charge on any atom is -0.378 e. The van der Waals surface area contributed by atoms with Gasteiger partial charge in [0.25, 0.3) is 0 Å². The van der Waals surface area contributed by atoms with Gasteiger partial charge in [0.15, 0.2) is 5.83 Å². The van der Waals surface area contributed by atoms with Crippen LogP contribution >= 0.6 is 0 Å². The Morgan fingerprint density at radius 3 is 2.38 bits per heavy atom. The summed E-state index contributed by atoms with van der Waals surface area (Å²) < 4.78 is 19.4. The van der Waals surface area contributed by atoms with E-state index in [-0.39, 0.29) is 5.92 Å². The van der Waals surface area contributed by atoms with Gasteiger partial charge in [-0.05, 0) is 99.2 Å². The van der Waals surface area contributed by atoms with Crippen molar-refractivity contribution in [2.24, 2.45) is 11.8 Å². The largest absolute Gasteiger partial charge is 0.378 e. The van der Waals surface area contributed by atoms with E-state index in [1.807, 2.05) is 0 Å². The van der Waals surface area contributed by atoms with E-state index in [2.05, 4.69) is 31.2 Å². The van der Waals surface area contributed by atoms with Crippen molar-refractivity contribution < 1.29 is 9.13 Å². The molecular formula is C26H36FNO. The molecule has 0 amide bonds. The predicted octanol–water partition coefficient (Wildman–Crippen LogP) is 7.26. The zero-order valence-corrected chi connectivity index (χ0v) is 17.9. The fraction of sp³-hybridized carbons (Fsp3) is 0.654. The van der Waals surface area contributed by atoms with Gasteiger partial charge in [-0.2, -0.15) is 9.65 Å². The summed E-state index contributed by atoms with van der Waals surface area (Å²) in [6.07, 6.45) is 14.5. The second-order valence-electron chi connectivity index (χ2n) is 9.06. The number of rotatable bonds is 8. The van der Waals surface area contributed by atoms with Gasteiger partial charge in [-0.15, -0.1) is 0 Å². The van der Waals surface area contributed by atoms with Crippen LogP contribution in [0.5, 0.6) is 0 Å². The van der Waals surface area contributed by atoms with Crippen LogP contribution in [0.25, 0.3) is 0 Å². The maximum atomic E-state index is 13.1. The van der Waals surface area contributed by atoms with E-state index in [1.54, 1.807) is 6.07 Å². The number of halogens is 1. The van der Waals surface area contributed by atoms with Crippen LogP contribution < -0.4 is 0 Å². The predicted molar refractivity (Wildman–Crippen MR) is 116 cm³/mol. The molecule has 0 aliphatic heterocycles. The zero-order chi connectivity index (χ0) is 20.5. The van der Waals surface area contributed by atoms with Gasteiger partial charge in [-0.1, -0.05) is 37.6 Å². The SMILES string of the molecule is CCCCc1ccc([C@H]2CC[C@H](OC[C@H]3CC[C@H](/C=C(/F)C#N)CC3)CC2)cc1. The van der Waals surface area contributed by atoms with Gasteiger partial charge in [0.05, 0.1) is 6.10 Å². The van der Waals surface area contributed by atoms with Crippen LogP contribution in [0.1, 0.15) is 88.2 Å². The Balaban J connectivity index is 1.35. The Morgan fingerprint density at radius 2 is 1.76 bits per heavy atom. The molecule has 2 aliphatic carbocycles. The molecule has 3 heteroatoms. The molecule has 2 aliphatic rings. The van der Waals surface area contributed by atoms with Crippen molar-refractivity contribution >= 4 is 0 Å². The molecule has 0 saturated heterocycles. The van der Waals surface area contributed by atoms with Crippen LogP contribution in [0.2, 0.25) is 0 Å². The summed E-state index contributed by atoms with van der Waals surface area (Å²) in [4.78, 5) is 0. The number of nitriles is 1. The molecule has 0 radical (unpaired) electrons. The molecule has 2 fully saturated rings. The molecule has 0 unspecified atom stereocenters. The van der Waals surface area contributed by atoms with Crippen molar-refractivity contribution in [1.82, 2.24) is 0 Å². The molecule has 0 spiro atoms. The van der Waals surface area contributed by atoms with Crippen molar-refractivity contribution in [3.8, 4) is 6.07 Å². The van der Waals surface area contributed by atoms with Gasteiger partial charge < -0.3 is 4.74 Å². The number of nitrogens with zero attached hydrogens (tertiary/aromatic N) is 1. The lowest BCUT2D eigenvalue weighted by molar-refractivity contribution is -0.00340. The standard InChI is InChI=1S/C26H36FNO/c1-2-3-4-20-9-11-23(12-10-20)24-13-15-26(16-14-24)29-19-22-7-5-21(6-8-22)17-25(27)18-28/h9-12,17,21-22,24,26H,2-8,13-16,19H2,1H3/b25-17+/t21-,22-,24-,26-. The summed E-state index contributed by atoms with van der Waals surface area (Å²) in [6.45, 7) is 3.09. The van der Waals surface area contributed by atoms with Gasteiger partial charge in [-0.3, -0.25) is 0 Å². The maximum Gasteiger partial charge on any atom is 0.196 e. The van der Waals surface area contributed by atoms with Gasteiger partial charge >= 0.3 is 0 Å². The van der Waals surface area contributed by atoms with Crippen LogP contribution in [0, 0.1) is 23.2 Å². The van der Waals surface area contributed by atoms with E-state index >= 15 is 0 Å². The Hall–Kier alpha value is -1.66. The summed E-state index contributed by atoms with van der Waals surface area (Å²) in [7, 11) is 0. The van der Waals surface area contributed by atoms with Gasteiger partial charge in [0, 0.05) is 6.61 Å². The molecule has 1 aromatic carbocycles. The topological polar surface area (TPSA) is 33.0 Å². The maximum absolute atomic E-state index is 13.1. The molecule has 158 valence electrons. The van der Waals surface area contributed by atoms with E-state index in [4.69, 9.17) is 10.00 Å². The first kappa shape index (κ1) is 22.0. The van der Waals surface area contributed by atoms with Crippen LogP contribution in [0.15, 0.2) is 36.2 Å². The van der Waals surface area contributed by atoms with E-state index in [0.717, 1.165) is 45.1 Å². The third-order valence-electron chi connectivity index (χ3n) is 6.89. The monoisotopic (exact) mass is 397 g/mol. The number of allylic oxidation sites excluding steroid dienone is 2. The van der Waals surface area contributed by atoms with Gasteiger partial charge in [-0.25, -0.2) is 0 Å². The molecule has 2 saturated carbocycles. The smallest absolute Gasteiger partial charge is 0.196 e. The van der Waals surface area contributed by atoms with E-state index < -0.39 is 5.83 Å². The second-order valence-corrected chi connectivity index (χ2v) is 9.06. The average molecular weight is 398 g/mol. The summed E-state index contributed by atoms with van der Waals surface area (Å²) in [5.41, 5.74) is 2.97. The van der Waals surface area contributed by atoms with Crippen molar-refractivity contribution in [2.45, 2.75) is 89.6 Å². The number of aryl methyl sites for hydroxylation is 1. The Kier molecular flexibility index (Phi) is 8.74. The Bertz CT molecular complexity index is 674. The van der Waals surface area contributed by atoms with Crippen LogP contribution in [0.4, 0.5) is 4.39 Å². The lowest BCUT2D eigenvalue weighted by Gasteiger charge is -2.32. The fourth-order valence-corrected chi connectivity index (χ4v) is 4.94. The first-order valence-corrected chi connectivity index (χ1v) is 11.7. The average Bonchev–Trinajstić information content (AvgIpc) is 2.78. The molecule has 0 bridgehead atoms.